The van der Waals surface area contributed by atoms with Crippen LogP contribution in [0, 0.1) is 5.92 Å². The van der Waals surface area contributed by atoms with Crippen molar-refractivity contribution >= 4 is 24.2 Å². The molecule has 1 aromatic carbocycles. The average Bonchev–Trinajstić information content (AvgIpc) is 2.50. The highest BCUT2D eigenvalue weighted by Crippen LogP contribution is 2.31. The number of hydrogen-bond acceptors (Lipinski definition) is 3. The second-order valence-corrected chi connectivity index (χ2v) is 4.72. The van der Waals surface area contributed by atoms with Crippen LogP contribution in [0.2, 0.25) is 0 Å². The number of carbonyl (C=O) groups is 1. The second-order valence-electron chi connectivity index (χ2n) is 4.36. The minimum Gasteiger partial charge on any atom is -0.491 e. The van der Waals surface area contributed by atoms with Gasteiger partial charge in [0.25, 0.3) is 0 Å². The molecule has 0 fully saturated rings. The van der Waals surface area contributed by atoms with Gasteiger partial charge in [-0.2, -0.15) is 12.6 Å². The van der Waals surface area contributed by atoms with Crippen molar-refractivity contribution in [2.45, 2.75) is 13.3 Å². The lowest BCUT2D eigenvalue weighted by Crippen LogP contribution is -2.34. The highest BCUT2D eigenvalue weighted by atomic mass is 32.1. The van der Waals surface area contributed by atoms with Crippen LogP contribution in [0.25, 0.3) is 0 Å². The lowest BCUT2D eigenvalue weighted by atomic mass is 10.1. The van der Waals surface area contributed by atoms with Gasteiger partial charge >= 0.3 is 0 Å². The van der Waals surface area contributed by atoms with E-state index in [1.54, 1.807) is 0 Å². The number of thiol groups is 1. The van der Waals surface area contributed by atoms with E-state index in [4.69, 9.17) is 4.74 Å². The third-order valence-corrected chi connectivity index (χ3v) is 3.46. The van der Waals surface area contributed by atoms with Crippen LogP contribution in [-0.2, 0) is 4.79 Å². The van der Waals surface area contributed by atoms with E-state index in [-0.39, 0.29) is 5.91 Å². The molecule has 0 radical (unpaired) electrons. The number of anilines is 1. The molecule has 1 heterocycles. The number of fused-ring (bicyclic) bond motifs is 1. The van der Waals surface area contributed by atoms with E-state index in [0.717, 1.165) is 17.2 Å². The number of carbonyl (C=O) groups excluding carboxylic acids is 1. The van der Waals surface area contributed by atoms with Crippen LogP contribution in [0.3, 0.4) is 0 Å². The zero-order valence-electron chi connectivity index (χ0n) is 9.93. The number of amides is 1. The highest BCUT2D eigenvalue weighted by molar-refractivity contribution is 7.80. The summed E-state index contributed by atoms with van der Waals surface area (Å²) in [6.45, 7) is 3.25. The van der Waals surface area contributed by atoms with E-state index in [2.05, 4.69) is 19.6 Å². The number of nitrogens with zero attached hydrogens (tertiary/aromatic N) is 1. The lowest BCUT2D eigenvalue weighted by Gasteiger charge is -2.24. The summed E-state index contributed by atoms with van der Waals surface area (Å²) in [5, 5.41) is 0. The fraction of sp³-hybridized carbons (Fsp3) is 0.462. The Morgan fingerprint density at radius 2 is 2.24 bits per heavy atom. The Bertz CT molecular complexity index is 408. The third-order valence-electron chi connectivity index (χ3n) is 2.84. The molecule has 4 heteroatoms. The van der Waals surface area contributed by atoms with Crippen molar-refractivity contribution in [3.8, 4) is 5.75 Å². The molecule has 0 bridgehead atoms. The summed E-state index contributed by atoms with van der Waals surface area (Å²) in [7, 11) is 0. The normalized spacial score (nSPS) is 17.1. The second kappa shape index (κ2) is 5.45. The molecular formula is C13H17NO2S. The highest BCUT2D eigenvalue weighted by Gasteiger charge is 2.23. The van der Waals surface area contributed by atoms with Crippen molar-refractivity contribution in [2.24, 2.45) is 5.92 Å². The minimum absolute atomic E-state index is 0.128. The van der Waals surface area contributed by atoms with Crippen molar-refractivity contribution in [2.75, 3.05) is 23.8 Å². The van der Waals surface area contributed by atoms with E-state index in [0.29, 0.717) is 25.5 Å². The predicted molar refractivity (Wildman–Crippen MR) is 71.9 cm³/mol. The fourth-order valence-corrected chi connectivity index (χ4v) is 2.00. The summed E-state index contributed by atoms with van der Waals surface area (Å²) in [4.78, 5) is 13.9. The molecule has 0 spiro atoms. The Morgan fingerprint density at radius 1 is 1.47 bits per heavy atom. The Labute approximate surface area is 107 Å². The molecule has 1 aromatic rings. The molecule has 1 unspecified atom stereocenters. The van der Waals surface area contributed by atoms with E-state index >= 15 is 0 Å². The van der Waals surface area contributed by atoms with E-state index < -0.39 is 0 Å². The van der Waals surface area contributed by atoms with Crippen molar-refractivity contribution in [1.82, 2.24) is 0 Å². The van der Waals surface area contributed by atoms with Gasteiger partial charge in [0.2, 0.25) is 5.91 Å². The van der Waals surface area contributed by atoms with Gasteiger partial charge in [-0.15, -0.1) is 0 Å². The molecule has 0 saturated heterocycles. The predicted octanol–water partition coefficient (Wildman–Crippen LogP) is 2.37. The number of ether oxygens (including phenoxy) is 1. The number of hydrogen-bond donors (Lipinski definition) is 1. The molecule has 0 aliphatic carbocycles. The molecule has 1 aliphatic heterocycles. The van der Waals surface area contributed by atoms with Crippen molar-refractivity contribution in [1.29, 1.82) is 0 Å². The van der Waals surface area contributed by atoms with Crippen molar-refractivity contribution in [3.05, 3.63) is 24.3 Å². The first kappa shape index (κ1) is 12.3. The van der Waals surface area contributed by atoms with Gasteiger partial charge in [0, 0.05) is 6.54 Å². The first-order valence-electron chi connectivity index (χ1n) is 5.85. The van der Waals surface area contributed by atoms with Gasteiger partial charge in [0.1, 0.15) is 5.75 Å². The maximum Gasteiger partial charge on any atom is 0.230 e. The number of rotatable bonds is 3. The zero-order chi connectivity index (χ0) is 12.3. The number of benzene rings is 1. The van der Waals surface area contributed by atoms with Gasteiger partial charge in [-0.3, -0.25) is 4.79 Å². The maximum atomic E-state index is 12.0. The van der Waals surface area contributed by atoms with E-state index in [1.807, 2.05) is 29.2 Å². The van der Waals surface area contributed by atoms with Crippen LogP contribution < -0.4 is 9.64 Å². The van der Waals surface area contributed by atoms with Gasteiger partial charge in [-0.25, -0.2) is 0 Å². The summed E-state index contributed by atoms with van der Waals surface area (Å²) in [6.07, 6.45) is 0.438. The molecule has 1 aliphatic rings. The maximum absolute atomic E-state index is 12.0. The monoisotopic (exact) mass is 251 g/mol. The molecule has 0 aromatic heterocycles. The van der Waals surface area contributed by atoms with Crippen LogP contribution >= 0.6 is 12.6 Å². The van der Waals surface area contributed by atoms with Crippen LogP contribution in [0.15, 0.2) is 24.3 Å². The first-order chi connectivity index (χ1) is 8.22. The Kier molecular flexibility index (Phi) is 3.94. The van der Waals surface area contributed by atoms with Crippen LogP contribution in [0.1, 0.15) is 13.3 Å². The molecule has 2 rings (SSSR count). The Morgan fingerprint density at radius 3 is 3.00 bits per heavy atom. The summed E-state index contributed by atoms with van der Waals surface area (Å²) >= 11 is 4.27. The molecular weight excluding hydrogens is 234 g/mol. The van der Waals surface area contributed by atoms with E-state index in [1.165, 1.54) is 0 Å². The molecule has 0 saturated carbocycles. The largest absolute Gasteiger partial charge is 0.491 e. The average molecular weight is 251 g/mol. The summed E-state index contributed by atoms with van der Waals surface area (Å²) < 4.78 is 5.58. The zero-order valence-corrected chi connectivity index (χ0v) is 10.8. The summed E-state index contributed by atoms with van der Waals surface area (Å²) in [5.74, 6) is 2.06. The Hall–Kier alpha value is -1.16. The smallest absolute Gasteiger partial charge is 0.230 e. The van der Waals surface area contributed by atoms with Crippen molar-refractivity contribution in [3.63, 3.8) is 0 Å². The van der Waals surface area contributed by atoms with Gasteiger partial charge in [-0.1, -0.05) is 19.1 Å². The molecule has 3 nitrogen and oxygen atoms in total. The minimum atomic E-state index is 0.128. The van der Waals surface area contributed by atoms with Crippen LogP contribution in [-0.4, -0.2) is 24.8 Å². The first-order valence-corrected chi connectivity index (χ1v) is 6.48. The molecule has 1 atom stereocenters. The summed E-state index contributed by atoms with van der Waals surface area (Å²) in [5.41, 5.74) is 0.878. The standard InChI is InChI=1S/C13H17NO2S/c1-10(9-17)8-14-11-4-2-3-5-12(11)16-7-6-13(14)15/h2-5,10,17H,6-9H2,1H3. The lowest BCUT2D eigenvalue weighted by molar-refractivity contribution is -0.118. The molecule has 1 amide bonds. The fourth-order valence-electron chi connectivity index (χ4n) is 1.89. The molecule has 92 valence electrons. The van der Waals surface area contributed by atoms with Crippen molar-refractivity contribution < 1.29 is 9.53 Å². The third kappa shape index (κ3) is 2.75. The molecule has 0 N–H and O–H groups in total. The van der Waals surface area contributed by atoms with Crippen LogP contribution in [0.4, 0.5) is 5.69 Å². The Balaban J connectivity index is 2.30. The van der Waals surface area contributed by atoms with Gasteiger partial charge in [-0.05, 0) is 23.8 Å². The van der Waals surface area contributed by atoms with E-state index in [9.17, 15) is 4.79 Å². The van der Waals surface area contributed by atoms with Crippen LogP contribution in [0.5, 0.6) is 5.75 Å². The van der Waals surface area contributed by atoms with Gasteiger partial charge in [0.15, 0.2) is 0 Å². The van der Waals surface area contributed by atoms with Gasteiger partial charge < -0.3 is 9.64 Å². The topological polar surface area (TPSA) is 29.5 Å². The van der Waals surface area contributed by atoms with Gasteiger partial charge in [0.05, 0.1) is 18.7 Å². The SMILES string of the molecule is CC(CS)CN1C(=O)CCOc2ccccc21. The molecule has 17 heavy (non-hydrogen) atoms. The quantitative estimate of drug-likeness (QED) is 0.836. The summed E-state index contributed by atoms with van der Waals surface area (Å²) in [6, 6.07) is 7.70. The number of para-hydroxylation sites is 2.